The summed E-state index contributed by atoms with van der Waals surface area (Å²) in [4.78, 5) is 18.4. The number of halogens is 1. The van der Waals surface area contributed by atoms with Crippen LogP contribution in [-0.2, 0) is 11.8 Å². The number of aromatic nitrogens is 2. The van der Waals surface area contributed by atoms with Crippen LogP contribution in [0.3, 0.4) is 0 Å². The molecule has 2 fully saturated rings. The summed E-state index contributed by atoms with van der Waals surface area (Å²) in [5.74, 6) is 0.672. The van der Waals surface area contributed by atoms with E-state index in [1.54, 1.807) is 18.0 Å². The van der Waals surface area contributed by atoms with Gasteiger partial charge in [0, 0.05) is 36.6 Å². The van der Waals surface area contributed by atoms with Gasteiger partial charge in [0.15, 0.2) is 5.16 Å². The van der Waals surface area contributed by atoms with E-state index in [1.165, 1.54) is 12.8 Å². The summed E-state index contributed by atoms with van der Waals surface area (Å²) in [7, 11) is 1.99. The molecule has 26 heavy (non-hydrogen) atoms. The fourth-order valence-electron chi connectivity index (χ4n) is 4.11. The van der Waals surface area contributed by atoms with Crippen molar-refractivity contribution in [2.75, 3.05) is 18.4 Å². The van der Waals surface area contributed by atoms with Crippen LogP contribution in [0, 0.1) is 11.3 Å². The van der Waals surface area contributed by atoms with Crippen LogP contribution >= 0.6 is 24.2 Å². The van der Waals surface area contributed by atoms with Gasteiger partial charge in [-0.15, -0.1) is 12.4 Å². The highest BCUT2D eigenvalue weighted by Crippen LogP contribution is 2.44. The number of hydrogen-bond donors (Lipinski definition) is 2. The predicted octanol–water partition coefficient (Wildman–Crippen LogP) is 3.71. The van der Waals surface area contributed by atoms with Gasteiger partial charge in [0.05, 0.1) is 5.41 Å². The normalized spacial score (nSPS) is 24.6. The van der Waals surface area contributed by atoms with E-state index in [9.17, 15) is 4.79 Å². The molecule has 2 aromatic rings. The Hall–Kier alpha value is -1.50. The second kappa shape index (κ2) is 8.03. The lowest BCUT2D eigenvalue weighted by Crippen LogP contribution is -2.44. The molecule has 0 radical (unpaired) electrons. The topological polar surface area (TPSA) is 59.0 Å². The van der Waals surface area contributed by atoms with E-state index in [1.807, 2.05) is 42.1 Å². The van der Waals surface area contributed by atoms with Crippen molar-refractivity contribution in [1.29, 1.82) is 0 Å². The van der Waals surface area contributed by atoms with Gasteiger partial charge in [-0.05, 0) is 49.6 Å². The molecule has 1 aromatic carbocycles. The molecule has 1 aliphatic carbocycles. The molecule has 2 aliphatic rings. The van der Waals surface area contributed by atoms with E-state index < -0.39 is 0 Å². The first-order chi connectivity index (χ1) is 12.2. The standard InChI is InChI=1S/C19H24N4OS.ClH/c1-23-11-10-21-18(23)25-16-7-5-15(6-8-16)22-17(24)19-9-3-2-4-14(19)12-20-13-19;/h5-8,10-11,14,20H,2-4,9,12-13H2,1H3,(H,22,24);1H/t14-,19+;/m0./s1. The van der Waals surface area contributed by atoms with Gasteiger partial charge in [0.2, 0.25) is 5.91 Å². The Bertz CT molecular complexity index is 763. The highest BCUT2D eigenvalue weighted by atomic mass is 35.5. The highest BCUT2D eigenvalue weighted by molar-refractivity contribution is 7.99. The Morgan fingerprint density at radius 3 is 2.88 bits per heavy atom. The molecule has 0 bridgehead atoms. The van der Waals surface area contributed by atoms with Crippen LogP contribution < -0.4 is 10.6 Å². The number of carbonyl (C=O) groups excluding carboxylic acids is 1. The molecule has 2 atom stereocenters. The number of fused-ring (bicyclic) bond motifs is 1. The number of amides is 1. The van der Waals surface area contributed by atoms with Crippen molar-refractivity contribution in [3.8, 4) is 0 Å². The van der Waals surface area contributed by atoms with Crippen molar-refractivity contribution >= 4 is 35.8 Å². The third kappa shape index (κ3) is 3.63. The molecule has 2 heterocycles. The zero-order valence-electron chi connectivity index (χ0n) is 14.9. The molecular formula is C19H25ClN4OS. The van der Waals surface area contributed by atoms with E-state index in [0.717, 1.165) is 41.7 Å². The van der Waals surface area contributed by atoms with Crippen LogP contribution in [-0.4, -0.2) is 28.5 Å². The maximum absolute atomic E-state index is 13.0. The smallest absolute Gasteiger partial charge is 0.232 e. The van der Waals surface area contributed by atoms with Crippen LogP contribution in [0.2, 0.25) is 0 Å². The van der Waals surface area contributed by atoms with Crippen LogP contribution in [0.1, 0.15) is 25.7 Å². The van der Waals surface area contributed by atoms with Gasteiger partial charge in [-0.25, -0.2) is 4.98 Å². The first kappa shape index (κ1) is 19.3. The van der Waals surface area contributed by atoms with Crippen molar-refractivity contribution in [3.63, 3.8) is 0 Å². The van der Waals surface area contributed by atoms with Gasteiger partial charge in [0.1, 0.15) is 0 Å². The molecule has 2 N–H and O–H groups in total. The van der Waals surface area contributed by atoms with Gasteiger partial charge >= 0.3 is 0 Å². The molecule has 1 aliphatic heterocycles. The minimum Gasteiger partial charge on any atom is -0.329 e. The number of aryl methyl sites for hydroxylation is 1. The van der Waals surface area contributed by atoms with Gasteiger partial charge in [-0.1, -0.05) is 24.6 Å². The second-order valence-corrected chi connectivity index (χ2v) is 8.17. The first-order valence-electron chi connectivity index (χ1n) is 8.95. The number of hydrogen-bond acceptors (Lipinski definition) is 4. The van der Waals surface area contributed by atoms with E-state index in [-0.39, 0.29) is 23.7 Å². The number of benzene rings is 1. The fourth-order valence-corrected chi connectivity index (χ4v) is 4.91. The number of anilines is 1. The van der Waals surface area contributed by atoms with Crippen molar-refractivity contribution in [2.24, 2.45) is 18.4 Å². The quantitative estimate of drug-likeness (QED) is 0.832. The van der Waals surface area contributed by atoms with Crippen LogP contribution in [0.5, 0.6) is 0 Å². The Balaban J connectivity index is 0.00000196. The Morgan fingerprint density at radius 2 is 2.15 bits per heavy atom. The van der Waals surface area contributed by atoms with Crippen molar-refractivity contribution in [3.05, 3.63) is 36.7 Å². The molecule has 1 saturated carbocycles. The zero-order valence-corrected chi connectivity index (χ0v) is 16.5. The van der Waals surface area contributed by atoms with E-state index in [2.05, 4.69) is 15.6 Å². The summed E-state index contributed by atoms with van der Waals surface area (Å²) in [6.45, 7) is 1.79. The van der Waals surface area contributed by atoms with E-state index in [0.29, 0.717) is 5.92 Å². The average molecular weight is 393 g/mol. The second-order valence-electron chi connectivity index (χ2n) is 7.13. The lowest BCUT2D eigenvalue weighted by molar-refractivity contribution is -0.128. The minimum atomic E-state index is -0.210. The molecular weight excluding hydrogens is 368 g/mol. The summed E-state index contributed by atoms with van der Waals surface area (Å²) in [6, 6.07) is 8.05. The number of nitrogens with one attached hydrogen (secondary N) is 2. The Kier molecular flexibility index (Phi) is 5.95. The molecule has 4 rings (SSSR count). The van der Waals surface area contributed by atoms with Crippen molar-refractivity contribution < 1.29 is 4.79 Å². The number of imidazole rings is 1. The molecule has 140 valence electrons. The molecule has 1 aromatic heterocycles. The van der Waals surface area contributed by atoms with Gasteiger partial charge in [-0.2, -0.15) is 0 Å². The Labute approximate surface area is 164 Å². The molecule has 7 heteroatoms. The molecule has 5 nitrogen and oxygen atoms in total. The maximum Gasteiger partial charge on any atom is 0.232 e. The van der Waals surface area contributed by atoms with Gasteiger partial charge < -0.3 is 15.2 Å². The third-order valence-corrected chi connectivity index (χ3v) is 6.67. The number of nitrogens with zero attached hydrogens (tertiary/aromatic N) is 2. The van der Waals surface area contributed by atoms with Crippen LogP contribution in [0.15, 0.2) is 46.7 Å². The zero-order chi connectivity index (χ0) is 17.3. The number of rotatable bonds is 4. The van der Waals surface area contributed by atoms with Crippen molar-refractivity contribution in [1.82, 2.24) is 14.9 Å². The highest BCUT2D eigenvalue weighted by Gasteiger charge is 2.49. The fraction of sp³-hybridized carbons (Fsp3) is 0.474. The first-order valence-corrected chi connectivity index (χ1v) is 9.76. The lowest BCUT2D eigenvalue weighted by Gasteiger charge is -2.37. The van der Waals surface area contributed by atoms with E-state index >= 15 is 0 Å². The molecule has 0 spiro atoms. The molecule has 1 saturated heterocycles. The Morgan fingerprint density at radius 1 is 1.35 bits per heavy atom. The summed E-state index contributed by atoms with van der Waals surface area (Å²) >= 11 is 1.62. The van der Waals surface area contributed by atoms with Crippen LogP contribution in [0.4, 0.5) is 5.69 Å². The number of carbonyl (C=O) groups is 1. The van der Waals surface area contributed by atoms with E-state index in [4.69, 9.17) is 0 Å². The summed E-state index contributed by atoms with van der Waals surface area (Å²) in [6.07, 6.45) is 8.31. The third-order valence-electron chi connectivity index (χ3n) is 5.59. The maximum atomic E-state index is 13.0. The van der Waals surface area contributed by atoms with Crippen LogP contribution in [0.25, 0.3) is 0 Å². The minimum absolute atomic E-state index is 0. The van der Waals surface area contributed by atoms with Gasteiger partial charge in [-0.3, -0.25) is 4.79 Å². The summed E-state index contributed by atoms with van der Waals surface area (Å²) < 4.78 is 2.00. The summed E-state index contributed by atoms with van der Waals surface area (Å²) in [5.41, 5.74) is 0.665. The molecule has 1 amide bonds. The largest absolute Gasteiger partial charge is 0.329 e. The predicted molar refractivity (Wildman–Crippen MR) is 107 cm³/mol. The van der Waals surface area contributed by atoms with Crippen molar-refractivity contribution in [2.45, 2.75) is 35.7 Å². The molecule has 0 unspecified atom stereocenters. The lowest BCUT2D eigenvalue weighted by atomic mass is 9.67. The SMILES string of the molecule is Cl.Cn1ccnc1Sc1ccc(NC(=O)[C@@]23CCCC[C@H]2CNC3)cc1. The monoisotopic (exact) mass is 392 g/mol. The summed E-state index contributed by atoms with van der Waals surface area (Å²) in [5, 5.41) is 7.56. The average Bonchev–Trinajstić information content (AvgIpc) is 3.24. The van der Waals surface area contributed by atoms with Gasteiger partial charge in [0.25, 0.3) is 0 Å².